The molecular formula is C26H34FN3O4. The van der Waals surface area contributed by atoms with E-state index in [1.54, 1.807) is 12.1 Å². The van der Waals surface area contributed by atoms with Gasteiger partial charge in [0.1, 0.15) is 5.82 Å². The van der Waals surface area contributed by atoms with E-state index in [1.165, 1.54) is 12.1 Å². The molecule has 0 radical (unpaired) electrons. The summed E-state index contributed by atoms with van der Waals surface area (Å²) in [4.78, 5) is 17.3. The number of aryl methyl sites for hydroxylation is 1. The first-order valence-electron chi connectivity index (χ1n) is 12.4. The van der Waals surface area contributed by atoms with Crippen LogP contribution < -0.4 is 0 Å². The highest BCUT2D eigenvalue weighted by molar-refractivity contribution is 5.96. The van der Waals surface area contributed by atoms with Crippen LogP contribution in [-0.2, 0) is 22.3 Å². The van der Waals surface area contributed by atoms with Gasteiger partial charge in [0.2, 0.25) is 0 Å². The zero-order valence-corrected chi connectivity index (χ0v) is 19.8. The summed E-state index contributed by atoms with van der Waals surface area (Å²) in [6, 6.07) is 8.31. The first-order chi connectivity index (χ1) is 16.5. The van der Waals surface area contributed by atoms with Crippen molar-refractivity contribution >= 4 is 5.91 Å². The number of nitrogens with zero attached hydrogens (tertiary/aromatic N) is 3. The first kappa shape index (κ1) is 23.5. The van der Waals surface area contributed by atoms with E-state index in [4.69, 9.17) is 9.47 Å². The molecule has 4 heterocycles. The predicted octanol–water partition coefficient (Wildman–Crippen LogP) is 3.05. The molecule has 1 atom stereocenters. The fourth-order valence-electron chi connectivity index (χ4n) is 5.81. The molecule has 184 valence electrons. The molecule has 0 bridgehead atoms. The molecule has 1 aromatic carbocycles. The van der Waals surface area contributed by atoms with Crippen molar-refractivity contribution in [1.29, 1.82) is 0 Å². The van der Waals surface area contributed by atoms with Gasteiger partial charge in [0.15, 0.2) is 5.79 Å². The van der Waals surface area contributed by atoms with E-state index < -0.39 is 11.9 Å². The van der Waals surface area contributed by atoms with Crippen LogP contribution in [0, 0.1) is 11.7 Å². The molecule has 0 aliphatic carbocycles. The zero-order chi connectivity index (χ0) is 23.7. The van der Waals surface area contributed by atoms with Crippen molar-refractivity contribution in [3.05, 3.63) is 59.2 Å². The Hall–Kier alpha value is -2.26. The average molecular weight is 472 g/mol. The molecule has 5 rings (SSSR count). The number of amides is 1. The Kier molecular flexibility index (Phi) is 6.75. The van der Waals surface area contributed by atoms with Crippen LogP contribution in [0.2, 0.25) is 0 Å². The van der Waals surface area contributed by atoms with Crippen molar-refractivity contribution in [1.82, 2.24) is 14.4 Å². The molecule has 3 aliphatic rings. The Balaban J connectivity index is 1.14. The highest BCUT2D eigenvalue weighted by Gasteiger charge is 2.46. The van der Waals surface area contributed by atoms with Gasteiger partial charge in [-0.15, -0.1) is 0 Å². The molecule has 1 N–H and O–H groups in total. The SMILES string of the molecule is Cn1ccc2c1C(O)CCN(CCCN1CCC(C3(c4ccc(F)cc4)OCCO3)CC1)C2=O. The van der Waals surface area contributed by atoms with E-state index >= 15 is 0 Å². The second kappa shape index (κ2) is 9.77. The van der Waals surface area contributed by atoms with Gasteiger partial charge in [0.25, 0.3) is 5.91 Å². The number of carbonyl (C=O) groups excluding carboxylic acids is 1. The number of aliphatic hydroxyl groups excluding tert-OH is 1. The van der Waals surface area contributed by atoms with Gasteiger partial charge in [-0.25, -0.2) is 4.39 Å². The van der Waals surface area contributed by atoms with Crippen LogP contribution >= 0.6 is 0 Å². The van der Waals surface area contributed by atoms with Gasteiger partial charge in [-0.05, 0) is 63.5 Å². The monoisotopic (exact) mass is 471 g/mol. The van der Waals surface area contributed by atoms with E-state index in [9.17, 15) is 14.3 Å². The van der Waals surface area contributed by atoms with Crippen LogP contribution in [0.5, 0.6) is 0 Å². The summed E-state index contributed by atoms with van der Waals surface area (Å²) in [5.74, 6) is -0.788. The minimum Gasteiger partial charge on any atom is -0.387 e. The highest BCUT2D eigenvalue weighted by atomic mass is 19.1. The van der Waals surface area contributed by atoms with Crippen molar-refractivity contribution in [2.45, 2.75) is 37.6 Å². The van der Waals surface area contributed by atoms with Gasteiger partial charge in [-0.1, -0.05) is 12.1 Å². The van der Waals surface area contributed by atoms with Crippen LogP contribution in [0.25, 0.3) is 0 Å². The molecule has 8 heteroatoms. The second-order valence-electron chi connectivity index (χ2n) is 9.66. The first-order valence-corrected chi connectivity index (χ1v) is 12.4. The molecule has 1 amide bonds. The lowest BCUT2D eigenvalue weighted by atomic mass is 9.84. The third-order valence-electron chi connectivity index (χ3n) is 7.62. The average Bonchev–Trinajstić information content (AvgIpc) is 3.47. The number of benzene rings is 1. The second-order valence-corrected chi connectivity index (χ2v) is 9.66. The number of aliphatic hydroxyl groups is 1. The molecule has 2 fully saturated rings. The predicted molar refractivity (Wildman–Crippen MR) is 125 cm³/mol. The van der Waals surface area contributed by atoms with E-state index in [1.807, 2.05) is 28.8 Å². The summed E-state index contributed by atoms with van der Waals surface area (Å²) in [6.45, 7) is 5.17. The molecule has 7 nitrogen and oxygen atoms in total. The third kappa shape index (κ3) is 4.40. The number of fused-ring (bicyclic) bond motifs is 1. The fourth-order valence-corrected chi connectivity index (χ4v) is 5.81. The lowest BCUT2D eigenvalue weighted by Crippen LogP contribution is -2.45. The number of aromatic nitrogens is 1. The molecule has 0 saturated carbocycles. The van der Waals surface area contributed by atoms with Crippen LogP contribution in [0.1, 0.15) is 53.4 Å². The summed E-state index contributed by atoms with van der Waals surface area (Å²) in [5.41, 5.74) is 2.24. The van der Waals surface area contributed by atoms with Crippen LogP contribution in [-0.4, -0.2) is 71.3 Å². The quantitative estimate of drug-likeness (QED) is 0.702. The Morgan fingerprint density at radius 1 is 1.03 bits per heavy atom. The lowest BCUT2D eigenvalue weighted by molar-refractivity contribution is -0.214. The number of hydrogen-bond acceptors (Lipinski definition) is 5. The number of carbonyl (C=O) groups is 1. The molecule has 1 unspecified atom stereocenters. The largest absolute Gasteiger partial charge is 0.387 e. The van der Waals surface area contributed by atoms with Gasteiger partial charge in [0.05, 0.1) is 30.6 Å². The third-order valence-corrected chi connectivity index (χ3v) is 7.62. The minimum atomic E-state index is -0.771. The topological polar surface area (TPSA) is 67.2 Å². The summed E-state index contributed by atoms with van der Waals surface area (Å²) < 4.78 is 27.6. The van der Waals surface area contributed by atoms with E-state index in [0.29, 0.717) is 38.3 Å². The van der Waals surface area contributed by atoms with Crippen molar-refractivity contribution in [2.24, 2.45) is 13.0 Å². The highest BCUT2D eigenvalue weighted by Crippen LogP contribution is 2.43. The van der Waals surface area contributed by atoms with Crippen molar-refractivity contribution in [2.75, 3.05) is 45.9 Å². The summed E-state index contributed by atoms with van der Waals surface area (Å²) in [5, 5.41) is 10.5. The van der Waals surface area contributed by atoms with Gasteiger partial charge >= 0.3 is 0 Å². The molecule has 1 aromatic heterocycles. The Morgan fingerprint density at radius 3 is 2.44 bits per heavy atom. The lowest BCUT2D eigenvalue weighted by Gasteiger charge is -2.41. The zero-order valence-electron chi connectivity index (χ0n) is 19.8. The fraction of sp³-hybridized carbons (Fsp3) is 0.577. The van der Waals surface area contributed by atoms with Crippen molar-refractivity contribution < 1.29 is 23.8 Å². The van der Waals surface area contributed by atoms with Gasteiger partial charge in [-0.3, -0.25) is 4.79 Å². The maximum absolute atomic E-state index is 13.5. The maximum Gasteiger partial charge on any atom is 0.255 e. The Labute approximate surface area is 200 Å². The van der Waals surface area contributed by atoms with Gasteiger partial charge in [-0.2, -0.15) is 0 Å². The number of likely N-dealkylation sites (tertiary alicyclic amines) is 1. The number of hydrogen-bond donors (Lipinski definition) is 1. The summed E-state index contributed by atoms with van der Waals surface area (Å²) in [6.07, 6.45) is 4.59. The van der Waals surface area contributed by atoms with E-state index in [0.717, 1.165) is 50.2 Å². The van der Waals surface area contributed by atoms with Crippen LogP contribution in [0.4, 0.5) is 4.39 Å². The molecule has 2 aromatic rings. The van der Waals surface area contributed by atoms with Crippen LogP contribution in [0.15, 0.2) is 36.5 Å². The van der Waals surface area contributed by atoms with Gasteiger partial charge < -0.3 is 28.9 Å². The molecule has 34 heavy (non-hydrogen) atoms. The van der Waals surface area contributed by atoms with Crippen molar-refractivity contribution in [3.63, 3.8) is 0 Å². The summed E-state index contributed by atoms with van der Waals surface area (Å²) >= 11 is 0. The van der Waals surface area contributed by atoms with E-state index in [-0.39, 0.29) is 17.6 Å². The molecular weight excluding hydrogens is 437 g/mol. The molecule has 2 saturated heterocycles. The smallest absolute Gasteiger partial charge is 0.255 e. The Bertz CT molecular complexity index is 994. The summed E-state index contributed by atoms with van der Waals surface area (Å²) in [7, 11) is 1.87. The molecule has 0 spiro atoms. The maximum atomic E-state index is 13.5. The molecule has 3 aliphatic heterocycles. The minimum absolute atomic E-state index is 0.0163. The normalized spacial score (nSPS) is 23.8. The number of ether oxygens (including phenoxy) is 2. The van der Waals surface area contributed by atoms with E-state index in [2.05, 4.69) is 4.90 Å². The van der Waals surface area contributed by atoms with Crippen LogP contribution in [0.3, 0.4) is 0 Å². The van der Waals surface area contributed by atoms with Gasteiger partial charge in [0, 0.05) is 37.8 Å². The Morgan fingerprint density at radius 2 is 1.74 bits per heavy atom. The standard InChI is InChI=1S/C26H34FN3O4/c1-28-13-9-22-24(28)23(31)10-16-30(25(22)32)12-2-11-29-14-7-20(8-15-29)26(33-17-18-34-26)19-3-5-21(27)6-4-19/h3-6,9,13,20,23,31H,2,7-8,10-12,14-18H2,1H3. The van der Waals surface area contributed by atoms with Crippen molar-refractivity contribution in [3.8, 4) is 0 Å². The number of piperidine rings is 1. The number of rotatable bonds is 6. The number of halogens is 1.